The number of carbonyl (C=O) groups is 1. The number of anilines is 1. The lowest BCUT2D eigenvalue weighted by molar-refractivity contribution is 0.0702. The van der Waals surface area contributed by atoms with Gasteiger partial charge in [-0.3, -0.25) is 0 Å². The van der Waals surface area contributed by atoms with Gasteiger partial charge in [0.05, 0.1) is 5.51 Å². The Hall–Kier alpha value is -1.10. The van der Waals surface area contributed by atoms with Gasteiger partial charge in [0.1, 0.15) is 0 Å². The highest BCUT2D eigenvalue weighted by Crippen LogP contribution is 2.21. The van der Waals surface area contributed by atoms with E-state index in [2.05, 4.69) is 4.98 Å². The Labute approximate surface area is 74.5 Å². The third-order valence-electron chi connectivity index (χ3n) is 1.58. The molecule has 0 aliphatic heterocycles. The average Bonchev–Trinajstić information content (AvgIpc) is 2.50. The van der Waals surface area contributed by atoms with Crippen molar-refractivity contribution in [3.05, 3.63) is 10.4 Å². The van der Waals surface area contributed by atoms with Gasteiger partial charge < -0.3 is 10.0 Å². The van der Waals surface area contributed by atoms with E-state index in [4.69, 9.17) is 5.11 Å². The lowest BCUT2D eigenvalue weighted by atomic mass is 10.4. The first-order valence-corrected chi connectivity index (χ1v) is 4.42. The second-order valence-corrected chi connectivity index (χ2v) is 3.18. The number of nitrogens with zero attached hydrogens (tertiary/aromatic N) is 2. The molecule has 4 nitrogen and oxygen atoms in total. The smallest absolute Gasteiger partial charge is 0.349 e. The number of rotatable bonds is 3. The number of hydrogen-bond donors (Lipinski definition) is 1. The molecule has 5 heteroatoms. The lowest BCUT2D eigenvalue weighted by Gasteiger charge is -2.13. The molecular weight excluding hydrogens is 176 g/mol. The van der Waals surface area contributed by atoms with Crippen molar-refractivity contribution in [2.24, 2.45) is 0 Å². The lowest BCUT2D eigenvalue weighted by Crippen LogP contribution is -2.18. The molecule has 0 saturated carbocycles. The van der Waals surface area contributed by atoms with Crippen molar-refractivity contribution in [3.63, 3.8) is 0 Å². The van der Waals surface area contributed by atoms with Crippen LogP contribution < -0.4 is 4.90 Å². The molecule has 0 fully saturated rings. The van der Waals surface area contributed by atoms with Gasteiger partial charge in [-0.15, -0.1) is 11.3 Å². The van der Waals surface area contributed by atoms with Gasteiger partial charge in [0.25, 0.3) is 0 Å². The highest BCUT2D eigenvalue weighted by atomic mass is 32.1. The predicted octanol–water partition coefficient (Wildman–Crippen LogP) is 1.30. The van der Waals surface area contributed by atoms with E-state index in [1.54, 1.807) is 10.4 Å². The highest BCUT2D eigenvalue weighted by Gasteiger charge is 2.15. The first-order valence-electron chi connectivity index (χ1n) is 3.54. The van der Waals surface area contributed by atoms with E-state index in [1.807, 2.05) is 14.0 Å². The molecule has 1 heterocycles. The highest BCUT2D eigenvalue weighted by molar-refractivity contribution is 7.12. The Bertz CT molecular complexity index is 285. The van der Waals surface area contributed by atoms with Crippen LogP contribution in [-0.4, -0.2) is 29.7 Å². The van der Waals surface area contributed by atoms with Crippen LogP contribution in [0, 0.1) is 0 Å². The van der Waals surface area contributed by atoms with Crippen molar-refractivity contribution >= 4 is 23.1 Å². The van der Waals surface area contributed by atoms with Crippen LogP contribution in [0.1, 0.15) is 16.6 Å². The molecule has 0 aliphatic rings. The number of thiazole rings is 1. The molecule has 1 aromatic rings. The minimum atomic E-state index is -0.909. The Balaban J connectivity index is 2.98. The Morgan fingerprint density at radius 3 is 3.00 bits per heavy atom. The summed E-state index contributed by atoms with van der Waals surface area (Å²) in [7, 11) is 1.82. The Kier molecular flexibility index (Phi) is 2.65. The van der Waals surface area contributed by atoms with Crippen molar-refractivity contribution < 1.29 is 9.90 Å². The fourth-order valence-corrected chi connectivity index (χ4v) is 1.48. The van der Waals surface area contributed by atoms with Crippen LogP contribution in [0.5, 0.6) is 0 Å². The Morgan fingerprint density at radius 1 is 1.83 bits per heavy atom. The van der Waals surface area contributed by atoms with Crippen molar-refractivity contribution in [2.45, 2.75) is 6.92 Å². The molecule has 0 spiro atoms. The van der Waals surface area contributed by atoms with Crippen molar-refractivity contribution in [1.82, 2.24) is 4.98 Å². The number of aromatic carboxylic acids is 1. The summed E-state index contributed by atoms with van der Waals surface area (Å²) in [4.78, 5) is 16.7. The first kappa shape index (κ1) is 8.99. The SMILES string of the molecule is CCN(C)c1ncsc1C(=O)O. The van der Waals surface area contributed by atoms with Gasteiger partial charge in [0, 0.05) is 13.6 Å². The summed E-state index contributed by atoms with van der Waals surface area (Å²) in [6.07, 6.45) is 0. The van der Waals surface area contributed by atoms with Crippen molar-refractivity contribution in [3.8, 4) is 0 Å². The number of aromatic nitrogens is 1. The minimum Gasteiger partial charge on any atom is -0.477 e. The second kappa shape index (κ2) is 3.53. The summed E-state index contributed by atoms with van der Waals surface area (Å²) in [5, 5.41) is 8.74. The van der Waals surface area contributed by atoms with Gasteiger partial charge in [0.15, 0.2) is 10.7 Å². The van der Waals surface area contributed by atoms with Crippen molar-refractivity contribution in [1.29, 1.82) is 0 Å². The van der Waals surface area contributed by atoms with Gasteiger partial charge in [-0.05, 0) is 6.92 Å². The topological polar surface area (TPSA) is 53.4 Å². The fraction of sp³-hybridized carbons (Fsp3) is 0.429. The molecule has 1 aromatic heterocycles. The van der Waals surface area contributed by atoms with Crippen LogP contribution in [0.2, 0.25) is 0 Å². The fourth-order valence-electron chi connectivity index (χ4n) is 0.808. The van der Waals surface area contributed by atoms with Gasteiger partial charge in [-0.25, -0.2) is 9.78 Å². The maximum absolute atomic E-state index is 10.6. The third-order valence-corrected chi connectivity index (χ3v) is 2.38. The molecule has 1 N–H and O–H groups in total. The van der Waals surface area contributed by atoms with Crippen LogP contribution in [0.15, 0.2) is 5.51 Å². The van der Waals surface area contributed by atoms with E-state index in [0.29, 0.717) is 10.7 Å². The monoisotopic (exact) mass is 186 g/mol. The molecule has 0 aliphatic carbocycles. The predicted molar refractivity (Wildman–Crippen MR) is 48.0 cm³/mol. The molecule has 0 bridgehead atoms. The standard InChI is InChI=1S/C7H10N2O2S/c1-3-9(2)6-5(7(10)11)12-4-8-6/h4H,3H2,1-2H3,(H,10,11). The zero-order chi connectivity index (χ0) is 9.14. The maximum atomic E-state index is 10.6. The third kappa shape index (κ3) is 1.55. The molecular formula is C7H10N2O2S. The van der Waals surface area contributed by atoms with Gasteiger partial charge >= 0.3 is 5.97 Å². The zero-order valence-electron chi connectivity index (χ0n) is 6.94. The van der Waals surface area contributed by atoms with E-state index in [9.17, 15) is 4.79 Å². The molecule has 12 heavy (non-hydrogen) atoms. The molecule has 0 radical (unpaired) electrons. The van der Waals surface area contributed by atoms with Crippen LogP contribution >= 0.6 is 11.3 Å². The van der Waals surface area contributed by atoms with E-state index >= 15 is 0 Å². The Morgan fingerprint density at radius 2 is 2.50 bits per heavy atom. The summed E-state index contributed by atoms with van der Waals surface area (Å²) >= 11 is 1.15. The quantitative estimate of drug-likeness (QED) is 0.773. The largest absolute Gasteiger partial charge is 0.477 e. The molecule has 0 amide bonds. The minimum absolute atomic E-state index is 0.305. The summed E-state index contributed by atoms with van der Waals surface area (Å²) < 4.78 is 0. The summed E-state index contributed by atoms with van der Waals surface area (Å²) in [6.45, 7) is 2.70. The summed E-state index contributed by atoms with van der Waals surface area (Å²) in [5.74, 6) is -0.359. The second-order valence-electron chi connectivity index (χ2n) is 2.32. The number of carboxylic acid groups (broad SMARTS) is 1. The zero-order valence-corrected chi connectivity index (χ0v) is 7.76. The van der Waals surface area contributed by atoms with E-state index < -0.39 is 5.97 Å². The summed E-state index contributed by atoms with van der Waals surface area (Å²) in [5.41, 5.74) is 1.55. The van der Waals surface area contributed by atoms with Gasteiger partial charge in [0.2, 0.25) is 0 Å². The van der Waals surface area contributed by atoms with Crippen molar-refractivity contribution in [2.75, 3.05) is 18.5 Å². The van der Waals surface area contributed by atoms with Crippen LogP contribution in [0.4, 0.5) is 5.82 Å². The molecule has 0 saturated heterocycles. The molecule has 1 rings (SSSR count). The number of hydrogen-bond acceptors (Lipinski definition) is 4. The normalized spacial score (nSPS) is 9.83. The number of carboxylic acids is 1. The average molecular weight is 186 g/mol. The van der Waals surface area contributed by atoms with Crippen LogP contribution in [0.25, 0.3) is 0 Å². The first-order chi connectivity index (χ1) is 5.66. The van der Waals surface area contributed by atoms with E-state index in [0.717, 1.165) is 17.9 Å². The van der Waals surface area contributed by atoms with Gasteiger partial charge in [-0.2, -0.15) is 0 Å². The molecule has 0 atom stereocenters. The van der Waals surface area contributed by atoms with Crippen LogP contribution in [-0.2, 0) is 0 Å². The summed E-state index contributed by atoms with van der Waals surface area (Å²) in [6, 6.07) is 0. The van der Waals surface area contributed by atoms with E-state index in [1.165, 1.54) is 0 Å². The van der Waals surface area contributed by atoms with E-state index in [-0.39, 0.29) is 0 Å². The van der Waals surface area contributed by atoms with Crippen LogP contribution in [0.3, 0.4) is 0 Å². The maximum Gasteiger partial charge on any atom is 0.349 e. The van der Waals surface area contributed by atoms with Gasteiger partial charge in [-0.1, -0.05) is 0 Å². The molecule has 0 aromatic carbocycles. The molecule has 0 unspecified atom stereocenters. The molecule has 66 valence electrons.